The molecular weight excluding hydrogens is 1130 g/mol. The molecule has 1 heterocycles. The van der Waals surface area contributed by atoms with E-state index in [1.165, 1.54) is 6.07 Å². The van der Waals surface area contributed by atoms with Gasteiger partial charge in [0.15, 0.2) is 0 Å². The van der Waals surface area contributed by atoms with Crippen molar-refractivity contribution in [2.45, 2.75) is 108 Å². The molecule has 0 aromatic heterocycles. The normalized spacial score (nSPS) is 15.0. The van der Waals surface area contributed by atoms with Gasteiger partial charge in [-0.05, 0) is 78.0 Å². The van der Waals surface area contributed by atoms with Crippen LogP contribution >= 0.6 is 22.6 Å². The van der Waals surface area contributed by atoms with Gasteiger partial charge in [0, 0.05) is 107 Å². The summed E-state index contributed by atoms with van der Waals surface area (Å²) in [5.41, 5.74) is 1.15. The van der Waals surface area contributed by atoms with Crippen molar-refractivity contribution in [3.8, 4) is 5.75 Å². The second-order valence-corrected chi connectivity index (χ2v) is 18.1. The number of carbonyl (C=O) groups is 8. The molecule has 4 amide bonds. The zero-order chi connectivity index (χ0) is 50.7. The fourth-order valence-electron chi connectivity index (χ4n) is 7.77. The molecule has 4 atom stereocenters. The minimum atomic E-state index is -1.35. The van der Waals surface area contributed by atoms with Gasteiger partial charge in [-0.2, -0.15) is 6.42 Å². The number of unbranched alkanes of at least 4 members (excludes halogenated alkanes) is 5. The Morgan fingerprint density at radius 2 is 1.18 bits per heavy atom. The van der Waals surface area contributed by atoms with Gasteiger partial charge in [-0.1, -0.05) is 55.7 Å². The van der Waals surface area contributed by atoms with Crippen LogP contribution in [0.15, 0.2) is 48.5 Å². The summed E-state index contributed by atoms with van der Waals surface area (Å²) in [6.07, 6.45) is 5.55. The fraction of sp³-hybridized carbons (Fsp3) is 0.553. The number of nitrogens with zero attached hydrogens (tertiary/aromatic N) is 3. The SMILES string of the molecule is O=[C-]CCCCCCC(=O)NCCCCC(NC(=O)C(Cc1ccccc1)NC(=O)C(Cc1ccc(O)c(I)c1)NC(=O)CCC(C(=O)O)N1CCN(CC(=O)O)CCN(CC(=O)O)CC1)C(=O)O.[Cu].[V]. The number of carboxylic acids is 4. The Kier molecular flexibility index (Phi) is 32.2. The number of amides is 4. The van der Waals surface area contributed by atoms with E-state index in [4.69, 9.17) is 0 Å². The smallest absolute Gasteiger partial charge is 0.326 e. The summed E-state index contributed by atoms with van der Waals surface area (Å²) in [4.78, 5) is 117. The number of halogens is 1. The number of hydrogen-bond acceptors (Lipinski definition) is 13. The number of benzene rings is 2. The Hall–Kier alpha value is -4.62. The third-order valence-electron chi connectivity index (χ3n) is 11.5. The van der Waals surface area contributed by atoms with Crippen LogP contribution in [0.4, 0.5) is 0 Å². The number of hydrogen-bond donors (Lipinski definition) is 9. The van der Waals surface area contributed by atoms with Gasteiger partial charge in [0.2, 0.25) is 23.6 Å². The van der Waals surface area contributed by atoms with Gasteiger partial charge < -0.3 is 51.6 Å². The maximum atomic E-state index is 14.3. The van der Waals surface area contributed by atoms with Crippen LogP contribution in [0.5, 0.6) is 5.75 Å². The molecule has 1 aliphatic heterocycles. The molecule has 9 N–H and O–H groups in total. The average Bonchev–Trinajstić information content (AvgIpc) is 3.38. The van der Waals surface area contributed by atoms with Crippen LogP contribution in [0.3, 0.4) is 0 Å². The molecule has 396 valence electrons. The van der Waals surface area contributed by atoms with Crippen LogP contribution in [0, 0.1) is 3.57 Å². The molecule has 2 aromatic carbocycles. The molecule has 24 heteroatoms. The summed E-state index contributed by atoms with van der Waals surface area (Å²) in [6, 6.07) is 7.95. The largest absolute Gasteiger partial charge is 0.542 e. The van der Waals surface area contributed by atoms with Crippen molar-refractivity contribution in [1.82, 2.24) is 36.0 Å². The molecule has 1 aliphatic rings. The van der Waals surface area contributed by atoms with Crippen molar-refractivity contribution < 1.29 is 104 Å². The molecule has 0 aliphatic carbocycles. The number of carboxylic acid groups (broad SMARTS) is 4. The van der Waals surface area contributed by atoms with E-state index < -0.39 is 65.8 Å². The molecule has 0 spiro atoms. The van der Waals surface area contributed by atoms with Crippen LogP contribution in [0.2, 0.25) is 0 Å². The van der Waals surface area contributed by atoms with Gasteiger partial charge in [0.1, 0.15) is 29.9 Å². The molecule has 0 bridgehead atoms. The van der Waals surface area contributed by atoms with E-state index in [-0.39, 0.29) is 132 Å². The monoisotopic (exact) mass is 1190 g/mol. The summed E-state index contributed by atoms with van der Waals surface area (Å²) < 4.78 is 0.453. The molecular formula is C47H65CuIN7O14V-. The first kappa shape index (κ1) is 64.4. The standard InChI is InChI=1S/C47H65IN7O14.Cu.V/c48-34-27-33(15-17-39(34)57)29-36(50-41(59)18-16-38(47(68)69)55-24-22-53(30-42(60)61)20-21-54(23-25-55)31-43(62)63)44(64)52-37(28-32-11-5-4-6-12-32)45(65)51-35(46(66)67)13-8-9-19-49-40(58)14-7-2-1-3-10-26-56;;/h4-6,11-12,15,17,27,35-38,57H,1-3,7-10,13-14,16,18-25,28-31H2,(H,49,58)(H,50,59)(H,51,65)(H,52,64)(H,60,61)(H,62,63)(H,66,67)(H,68,69);;/q-1;;. The van der Waals surface area contributed by atoms with Crippen molar-refractivity contribution in [2.24, 2.45) is 0 Å². The first-order chi connectivity index (χ1) is 32.9. The zero-order valence-electron chi connectivity index (χ0n) is 39.4. The van der Waals surface area contributed by atoms with Crippen LogP contribution in [-0.4, -0.2) is 177 Å². The molecule has 3 rings (SSSR count). The van der Waals surface area contributed by atoms with Gasteiger partial charge >= 0.3 is 23.9 Å². The number of carbonyl (C=O) groups excluding carboxylic acids is 5. The van der Waals surface area contributed by atoms with Gasteiger partial charge in [0.25, 0.3) is 0 Å². The number of aromatic hydroxyl groups is 1. The summed E-state index contributed by atoms with van der Waals surface area (Å²) in [5, 5.41) is 60.2. The molecule has 1 fully saturated rings. The fourth-order valence-corrected chi connectivity index (χ4v) is 8.35. The molecule has 21 nitrogen and oxygen atoms in total. The summed E-state index contributed by atoms with van der Waals surface area (Å²) in [5.74, 6) is -7.28. The molecule has 0 saturated carbocycles. The minimum Gasteiger partial charge on any atom is -0.542 e. The van der Waals surface area contributed by atoms with Crippen molar-refractivity contribution >= 4 is 76.4 Å². The van der Waals surface area contributed by atoms with Gasteiger partial charge in [-0.25, -0.2) is 4.79 Å². The third-order valence-corrected chi connectivity index (χ3v) is 12.4. The van der Waals surface area contributed by atoms with Crippen molar-refractivity contribution in [2.75, 3.05) is 58.9 Å². The van der Waals surface area contributed by atoms with Crippen LogP contribution in [0.1, 0.15) is 81.8 Å². The van der Waals surface area contributed by atoms with Gasteiger partial charge in [-0.15, -0.1) is 0 Å². The Labute approximate surface area is 449 Å². The minimum absolute atomic E-state index is 0. The van der Waals surface area contributed by atoms with E-state index in [9.17, 15) is 68.7 Å². The number of rotatable bonds is 31. The predicted octanol–water partition coefficient (Wildman–Crippen LogP) is 1.38. The second kappa shape index (κ2) is 35.5. The second-order valence-electron chi connectivity index (χ2n) is 16.9. The van der Waals surface area contributed by atoms with Gasteiger partial charge in [-0.3, -0.25) is 54.5 Å². The van der Waals surface area contributed by atoms with E-state index in [0.717, 1.165) is 19.3 Å². The van der Waals surface area contributed by atoms with E-state index in [0.29, 0.717) is 53.3 Å². The van der Waals surface area contributed by atoms with Crippen LogP contribution < -0.4 is 21.3 Å². The quantitative estimate of drug-likeness (QED) is 0.0223. The molecule has 1 saturated heterocycles. The summed E-state index contributed by atoms with van der Waals surface area (Å²) in [6.45, 7) is 0.614. The maximum Gasteiger partial charge on any atom is 0.326 e. The third kappa shape index (κ3) is 26.1. The molecule has 4 unspecified atom stereocenters. The number of phenols is 1. The first-order valence-electron chi connectivity index (χ1n) is 23.1. The van der Waals surface area contributed by atoms with E-state index >= 15 is 0 Å². The first-order valence-corrected chi connectivity index (χ1v) is 24.1. The molecule has 2 radical (unpaired) electrons. The number of phenolic OH excluding ortho intramolecular Hbond substituents is 1. The van der Waals surface area contributed by atoms with Crippen molar-refractivity contribution in [3.63, 3.8) is 0 Å². The Morgan fingerprint density at radius 1 is 0.620 bits per heavy atom. The Morgan fingerprint density at radius 3 is 1.75 bits per heavy atom. The Balaban J connectivity index is 0.0000126. The number of aliphatic carboxylic acids is 4. The maximum absolute atomic E-state index is 14.3. The van der Waals surface area contributed by atoms with Crippen molar-refractivity contribution in [1.29, 1.82) is 0 Å². The summed E-state index contributed by atoms with van der Waals surface area (Å²) >= 11 is 1.90. The number of nitrogens with one attached hydrogen (secondary N) is 4. The van der Waals surface area contributed by atoms with Crippen LogP contribution in [0.25, 0.3) is 0 Å². The predicted molar refractivity (Wildman–Crippen MR) is 259 cm³/mol. The van der Waals surface area contributed by atoms with Crippen molar-refractivity contribution in [3.05, 3.63) is 63.2 Å². The molecule has 71 heavy (non-hydrogen) atoms. The zero-order valence-corrected chi connectivity index (χ0v) is 43.9. The average molecular weight is 1190 g/mol. The Bertz CT molecular complexity index is 2020. The van der Waals surface area contributed by atoms with Crippen LogP contribution in [-0.2, 0) is 91.6 Å². The van der Waals surface area contributed by atoms with E-state index in [2.05, 4.69) is 21.3 Å². The topological polar surface area (TPSA) is 313 Å². The summed E-state index contributed by atoms with van der Waals surface area (Å²) in [7, 11) is 0. The molecule has 2 aromatic rings. The van der Waals surface area contributed by atoms with E-state index in [1.54, 1.807) is 57.2 Å². The van der Waals surface area contributed by atoms with E-state index in [1.807, 2.05) is 28.9 Å². The van der Waals surface area contributed by atoms with Gasteiger partial charge in [0.05, 0.1) is 16.7 Å².